The maximum atomic E-state index is 5.64. The van der Waals surface area contributed by atoms with Crippen molar-refractivity contribution in [2.24, 2.45) is 5.73 Å². The third-order valence-corrected chi connectivity index (χ3v) is 3.33. The summed E-state index contributed by atoms with van der Waals surface area (Å²) in [4.78, 5) is 6.84. The van der Waals surface area contributed by atoms with Crippen LogP contribution in [0, 0.1) is 6.92 Å². The summed E-state index contributed by atoms with van der Waals surface area (Å²) in [5.41, 5.74) is 9.05. The molecule has 2 aromatic rings. The van der Waals surface area contributed by atoms with E-state index in [0.29, 0.717) is 4.99 Å². The Bertz CT molecular complexity index is 595. The molecule has 0 saturated carbocycles. The molecule has 3 nitrogen and oxygen atoms in total. The van der Waals surface area contributed by atoms with Crippen molar-refractivity contribution in [3.8, 4) is 0 Å². The molecule has 0 unspecified atom stereocenters. The number of aryl methyl sites for hydroxylation is 1. The van der Waals surface area contributed by atoms with Gasteiger partial charge in [-0.2, -0.15) is 0 Å². The summed E-state index contributed by atoms with van der Waals surface area (Å²) in [5.74, 6) is 0.869. The minimum Gasteiger partial charge on any atom is -0.389 e. The van der Waals surface area contributed by atoms with E-state index in [9.17, 15) is 0 Å². The molecule has 1 aromatic heterocycles. The fraction of sp³-hybridized carbons (Fsp3) is 0.200. The van der Waals surface area contributed by atoms with Gasteiger partial charge < -0.3 is 10.6 Å². The predicted octanol–water partition coefficient (Wildman–Crippen LogP) is 2.66. The Kier molecular flexibility index (Phi) is 4.12. The van der Waals surface area contributed by atoms with Crippen LogP contribution in [-0.2, 0) is 6.54 Å². The maximum Gasteiger partial charge on any atom is 0.129 e. The Morgan fingerprint density at radius 2 is 2.05 bits per heavy atom. The van der Waals surface area contributed by atoms with Crippen LogP contribution in [0.25, 0.3) is 0 Å². The molecule has 0 spiro atoms. The van der Waals surface area contributed by atoms with Crippen molar-refractivity contribution in [2.75, 3.05) is 11.9 Å². The standard InChI is InChI=1S/C15H17N3S/c1-11-5-3-4-6-13(11)10-18(2)14-9-12(15(16)19)7-8-17-14/h3-9H,10H2,1-2H3,(H2,16,19). The van der Waals surface area contributed by atoms with Crippen LogP contribution >= 0.6 is 12.2 Å². The average Bonchev–Trinajstić information content (AvgIpc) is 2.41. The number of benzene rings is 1. The molecule has 0 saturated heterocycles. The van der Waals surface area contributed by atoms with Gasteiger partial charge in [-0.15, -0.1) is 0 Å². The number of nitrogens with two attached hydrogens (primary N) is 1. The summed E-state index contributed by atoms with van der Waals surface area (Å²) >= 11 is 4.99. The summed E-state index contributed by atoms with van der Waals surface area (Å²) in [7, 11) is 2.01. The fourth-order valence-electron chi connectivity index (χ4n) is 1.90. The molecule has 0 amide bonds. The molecule has 0 aliphatic heterocycles. The Labute approximate surface area is 119 Å². The fourth-order valence-corrected chi connectivity index (χ4v) is 2.03. The van der Waals surface area contributed by atoms with E-state index in [1.807, 2.05) is 25.2 Å². The zero-order valence-corrected chi connectivity index (χ0v) is 11.9. The van der Waals surface area contributed by atoms with Gasteiger partial charge in [0.1, 0.15) is 10.8 Å². The Balaban J connectivity index is 2.20. The number of rotatable bonds is 4. The van der Waals surface area contributed by atoms with Crippen LogP contribution in [0.4, 0.5) is 5.82 Å². The molecule has 0 fully saturated rings. The molecule has 19 heavy (non-hydrogen) atoms. The van der Waals surface area contributed by atoms with E-state index < -0.39 is 0 Å². The first-order valence-corrected chi connectivity index (χ1v) is 6.50. The lowest BCUT2D eigenvalue weighted by Gasteiger charge is -2.19. The number of nitrogens with zero attached hydrogens (tertiary/aromatic N) is 2. The smallest absolute Gasteiger partial charge is 0.129 e. The quantitative estimate of drug-likeness (QED) is 0.868. The third-order valence-electron chi connectivity index (χ3n) is 3.09. The second kappa shape index (κ2) is 5.80. The van der Waals surface area contributed by atoms with Gasteiger partial charge in [0.05, 0.1) is 0 Å². The normalized spacial score (nSPS) is 10.2. The van der Waals surface area contributed by atoms with Crippen LogP contribution < -0.4 is 10.6 Å². The first kappa shape index (κ1) is 13.5. The Morgan fingerprint density at radius 3 is 2.74 bits per heavy atom. The van der Waals surface area contributed by atoms with Gasteiger partial charge in [-0.25, -0.2) is 4.98 Å². The van der Waals surface area contributed by atoms with Gasteiger partial charge in [-0.1, -0.05) is 36.5 Å². The van der Waals surface area contributed by atoms with E-state index in [0.717, 1.165) is 17.9 Å². The minimum atomic E-state index is 0.396. The highest BCUT2D eigenvalue weighted by atomic mass is 32.1. The SMILES string of the molecule is Cc1ccccc1CN(C)c1cc(C(N)=S)ccn1. The number of hydrogen-bond donors (Lipinski definition) is 1. The summed E-state index contributed by atoms with van der Waals surface area (Å²) < 4.78 is 0. The van der Waals surface area contributed by atoms with E-state index >= 15 is 0 Å². The summed E-state index contributed by atoms with van der Waals surface area (Å²) in [6.45, 7) is 2.92. The number of pyridine rings is 1. The van der Waals surface area contributed by atoms with Crippen molar-refractivity contribution in [3.63, 3.8) is 0 Å². The number of thiocarbonyl (C=S) groups is 1. The third kappa shape index (κ3) is 3.29. The van der Waals surface area contributed by atoms with Crippen molar-refractivity contribution in [1.82, 2.24) is 4.98 Å². The average molecular weight is 271 g/mol. The monoisotopic (exact) mass is 271 g/mol. The zero-order chi connectivity index (χ0) is 13.8. The van der Waals surface area contributed by atoms with Crippen LogP contribution in [0.15, 0.2) is 42.6 Å². The Morgan fingerprint density at radius 1 is 1.32 bits per heavy atom. The molecular formula is C15H17N3S. The van der Waals surface area contributed by atoms with Crippen molar-refractivity contribution >= 4 is 23.0 Å². The molecule has 0 aliphatic rings. The van der Waals surface area contributed by atoms with Gasteiger partial charge in [0.25, 0.3) is 0 Å². The van der Waals surface area contributed by atoms with Crippen molar-refractivity contribution in [3.05, 3.63) is 59.3 Å². The highest BCUT2D eigenvalue weighted by molar-refractivity contribution is 7.80. The lowest BCUT2D eigenvalue weighted by Crippen LogP contribution is -2.19. The molecule has 0 bridgehead atoms. The molecule has 4 heteroatoms. The molecule has 2 rings (SSSR count). The van der Waals surface area contributed by atoms with Gasteiger partial charge in [0.15, 0.2) is 0 Å². The van der Waals surface area contributed by atoms with Gasteiger partial charge in [-0.05, 0) is 30.2 Å². The summed E-state index contributed by atoms with van der Waals surface area (Å²) in [5, 5.41) is 0. The predicted molar refractivity (Wildman–Crippen MR) is 83.4 cm³/mol. The second-order valence-electron chi connectivity index (χ2n) is 4.55. The van der Waals surface area contributed by atoms with Crippen molar-refractivity contribution < 1.29 is 0 Å². The number of hydrogen-bond acceptors (Lipinski definition) is 3. The molecule has 0 radical (unpaired) electrons. The highest BCUT2D eigenvalue weighted by Gasteiger charge is 2.07. The van der Waals surface area contributed by atoms with Gasteiger partial charge in [0.2, 0.25) is 0 Å². The van der Waals surface area contributed by atoms with Crippen molar-refractivity contribution in [2.45, 2.75) is 13.5 Å². The first-order chi connectivity index (χ1) is 9.08. The molecule has 0 aliphatic carbocycles. The summed E-state index contributed by atoms with van der Waals surface area (Å²) in [6.07, 6.45) is 1.73. The molecule has 98 valence electrons. The molecule has 1 heterocycles. The van der Waals surface area contributed by atoms with E-state index in [2.05, 4.69) is 35.0 Å². The highest BCUT2D eigenvalue weighted by Crippen LogP contribution is 2.16. The van der Waals surface area contributed by atoms with Gasteiger partial charge in [0, 0.05) is 25.4 Å². The maximum absolute atomic E-state index is 5.64. The van der Waals surface area contributed by atoms with Crippen molar-refractivity contribution in [1.29, 1.82) is 0 Å². The Hall–Kier alpha value is -1.94. The lowest BCUT2D eigenvalue weighted by atomic mass is 10.1. The van der Waals surface area contributed by atoms with Crippen LogP contribution in [0.3, 0.4) is 0 Å². The van der Waals surface area contributed by atoms with Crippen LogP contribution in [0.2, 0.25) is 0 Å². The molecule has 0 atom stereocenters. The van der Waals surface area contributed by atoms with Gasteiger partial charge >= 0.3 is 0 Å². The lowest BCUT2D eigenvalue weighted by molar-refractivity contribution is 0.890. The topological polar surface area (TPSA) is 42.1 Å². The van der Waals surface area contributed by atoms with Gasteiger partial charge in [-0.3, -0.25) is 0 Å². The first-order valence-electron chi connectivity index (χ1n) is 6.09. The molecular weight excluding hydrogens is 254 g/mol. The number of anilines is 1. The van der Waals surface area contributed by atoms with E-state index in [1.165, 1.54) is 11.1 Å². The largest absolute Gasteiger partial charge is 0.389 e. The molecule has 2 N–H and O–H groups in total. The van der Waals surface area contributed by atoms with Crippen LogP contribution in [0.5, 0.6) is 0 Å². The molecule has 1 aromatic carbocycles. The number of aromatic nitrogens is 1. The van der Waals surface area contributed by atoms with E-state index in [1.54, 1.807) is 6.20 Å². The summed E-state index contributed by atoms with van der Waals surface area (Å²) in [6, 6.07) is 12.1. The second-order valence-corrected chi connectivity index (χ2v) is 4.99. The van der Waals surface area contributed by atoms with E-state index in [4.69, 9.17) is 18.0 Å². The zero-order valence-electron chi connectivity index (χ0n) is 11.1. The van der Waals surface area contributed by atoms with Crippen LogP contribution in [-0.4, -0.2) is 17.0 Å². The minimum absolute atomic E-state index is 0.396. The van der Waals surface area contributed by atoms with Crippen LogP contribution in [0.1, 0.15) is 16.7 Å². The van der Waals surface area contributed by atoms with E-state index in [-0.39, 0.29) is 0 Å².